The summed E-state index contributed by atoms with van der Waals surface area (Å²) >= 11 is 0. The van der Waals surface area contributed by atoms with Crippen molar-refractivity contribution in [2.75, 3.05) is 0 Å². The van der Waals surface area contributed by atoms with Gasteiger partial charge >= 0.3 is 0 Å². The van der Waals surface area contributed by atoms with Crippen molar-refractivity contribution in [1.82, 2.24) is 4.98 Å². The van der Waals surface area contributed by atoms with Crippen LogP contribution in [-0.2, 0) is 4.79 Å². The molecule has 0 bridgehead atoms. The molecule has 1 rings (SSSR count). The van der Waals surface area contributed by atoms with Crippen molar-refractivity contribution in [2.45, 2.75) is 0 Å². The van der Waals surface area contributed by atoms with Gasteiger partial charge in [0.2, 0.25) is 5.88 Å². The van der Waals surface area contributed by atoms with Crippen LogP contribution in [-0.4, -0.2) is 11.5 Å². The van der Waals surface area contributed by atoms with E-state index >= 15 is 0 Å². The first kappa shape index (κ1) is 5.75. The minimum Gasteiger partial charge on any atom is -0.410 e. The molecule has 0 aliphatic carbocycles. The molecule has 0 unspecified atom stereocenters. The van der Waals surface area contributed by atoms with Crippen LogP contribution in [0.3, 0.4) is 0 Å². The molecule has 1 aromatic heterocycles. The fourth-order valence-electron chi connectivity index (χ4n) is 0.466. The normalized spacial score (nSPS) is 8.44. The summed E-state index contributed by atoms with van der Waals surface area (Å²) in [5, 5.41) is 0. The van der Waals surface area contributed by atoms with Gasteiger partial charge in [0.1, 0.15) is 0 Å². The number of aromatic nitrogens is 1. The Morgan fingerprint density at radius 3 is 3.00 bits per heavy atom. The lowest BCUT2D eigenvalue weighted by molar-refractivity contribution is -0.120. The van der Waals surface area contributed by atoms with Crippen LogP contribution in [0.2, 0.25) is 0 Å². The molecule has 0 spiro atoms. The highest BCUT2D eigenvalue weighted by Gasteiger charge is 1.86. The molecule has 0 N–H and O–H groups in total. The average Bonchev–Trinajstić information content (AvgIpc) is 1.91. The first-order valence-electron chi connectivity index (χ1n) is 2.45. The Bertz CT molecular complexity index is 186. The van der Waals surface area contributed by atoms with Crippen LogP contribution < -0.4 is 4.74 Å². The van der Waals surface area contributed by atoms with Crippen LogP contribution in [0.4, 0.5) is 0 Å². The summed E-state index contributed by atoms with van der Waals surface area (Å²) in [6.45, 7) is 0.350. The molecule has 0 aliphatic heterocycles. The molecule has 0 radical (unpaired) electrons. The first-order chi connectivity index (χ1) is 4.43. The van der Waals surface area contributed by atoms with E-state index < -0.39 is 0 Å². The van der Waals surface area contributed by atoms with E-state index in [9.17, 15) is 4.79 Å². The highest BCUT2D eigenvalue weighted by Crippen LogP contribution is 2.00. The molecule has 3 nitrogen and oxygen atoms in total. The second kappa shape index (κ2) is 2.81. The van der Waals surface area contributed by atoms with E-state index in [0.29, 0.717) is 12.4 Å². The van der Waals surface area contributed by atoms with Gasteiger partial charge < -0.3 is 4.74 Å². The van der Waals surface area contributed by atoms with Gasteiger partial charge in [0.05, 0.1) is 0 Å². The summed E-state index contributed by atoms with van der Waals surface area (Å²) in [5.41, 5.74) is 0. The van der Waals surface area contributed by atoms with Gasteiger partial charge in [0, 0.05) is 12.3 Å². The molecule has 0 fully saturated rings. The van der Waals surface area contributed by atoms with Crippen molar-refractivity contribution < 1.29 is 9.53 Å². The van der Waals surface area contributed by atoms with Crippen molar-refractivity contribution in [1.29, 1.82) is 0 Å². The van der Waals surface area contributed by atoms with Crippen molar-refractivity contribution in [3.8, 4) is 5.88 Å². The van der Waals surface area contributed by atoms with E-state index in [1.807, 2.05) is 0 Å². The van der Waals surface area contributed by atoms with Gasteiger partial charge in [0.15, 0.2) is 0 Å². The second-order valence-corrected chi connectivity index (χ2v) is 1.38. The molecule has 1 heterocycles. The minimum absolute atomic E-state index is 0.326. The van der Waals surface area contributed by atoms with Gasteiger partial charge in [-0.05, 0) is 6.07 Å². The second-order valence-electron chi connectivity index (χ2n) is 1.38. The molecule has 0 atom stereocenters. The van der Waals surface area contributed by atoms with Gasteiger partial charge in [-0.3, -0.25) is 4.79 Å². The molecule has 1 aromatic rings. The lowest BCUT2D eigenvalue weighted by atomic mass is 10.5. The maximum atomic E-state index is 9.71. The molecule has 0 amide bonds. The average molecular weight is 123 g/mol. The van der Waals surface area contributed by atoms with Crippen LogP contribution >= 0.6 is 0 Å². The zero-order valence-electron chi connectivity index (χ0n) is 4.65. The number of hydrogen-bond acceptors (Lipinski definition) is 3. The van der Waals surface area contributed by atoms with Crippen molar-refractivity contribution in [2.24, 2.45) is 0 Å². The number of rotatable bonds is 2. The molecule has 0 aliphatic rings. The highest BCUT2D eigenvalue weighted by molar-refractivity contribution is 5.42. The zero-order chi connectivity index (χ0) is 6.53. The number of pyridine rings is 1. The van der Waals surface area contributed by atoms with Crippen molar-refractivity contribution in [3.05, 3.63) is 24.4 Å². The Balaban J connectivity index is 2.72. The standard InChI is InChI=1S/C6H5NO2/c8-5-9-6-3-1-2-4-7-6/h1-5H. The molecular formula is C6H5NO2. The van der Waals surface area contributed by atoms with E-state index in [2.05, 4.69) is 9.72 Å². The van der Waals surface area contributed by atoms with Crippen LogP contribution in [0.25, 0.3) is 0 Å². The molecule has 0 saturated heterocycles. The maximum Gasteiger partial charge on any atom is 0.299 e. The van der Waals surface area contributed by atoms with Crippen molar-refractivity contribution >= 4 is 6.47 Å². The third kappa shape index (κ3) is 1.53. The summed E-state index contributed by atoms with van der Waals surface area (Å²) in [7, 11) is 0. The summed E-state index contributed by atoms with van der Waals surface area (Å²) in [6.07, 6.45) is 1.55. The summed E-state index contributed by atoms with van der Waals surface area (Å²) in [5.74, 6) is 0.326. The Hall–Kier alpha value is -1.38. The van der Waals surface area contributed by atoms with E-state index in [0.717, 1.165) is 0 Å². The number of carbonyl (C=O) groups is 1. The van der Waals surface area contributed by atoms with Gasteiger partial charge in [-0.15, -0.1) is 0 Å². The third-order valence-corrected chi connectivity index (χ3v) is 0.807. The number of ether oxygens (including phenoxy) is 1. The van der Waals surface area contributed by atoms with Crippen LogP contribution in [0, 0.1) is 0 Å². The Morgan fingerprint density at radius 1 is 1.56 bits per heavy atom. The monoisotopic (exact) mass is 123 g/mol. The fourth-order valence-corrected chi connectivity index (χ4v) is 0.466. The number of hydrogen-bond donors (Lipinski definition) is 0. The maximum absolute atomic E-state index is 9.71. The number of carbonyl (C=O) groups excluding carboxylic acids is 1. The van der Waals surface area contributed by atoms with E-state index in [1.54, 1.807) is 24.4 Å². The molecule has 3 heteroatoms. The third-order valence-electron chi connectivity index (χ3n) is 0.807. The lowest BCUT2D eigenvalue weighted by Crippen LogP contribution is -1.89. The largest absolute Gasteiger partial charge is 0.410 e. The van der Waals surface area contributed by atoms with Gasteiger partial charge in [-0.25, -0.2) is 4.98 Å². The van der Waals surface area contributed by atoms with Crippen molar-refractivity contribution in [3.63, 3.8) is 0 Å². The van der Waals surface area contributed by atoms with Gasteiger partial charge in [0.25, 0.3) is 6.47 Å². The van der Waals surface area contributed by atoms with Gasteiger partial charge in [-0.2, -0.15) is 0 Å². The van der Waals surface area contributed by atoms with E-state index in [1.165, 1.54) is 0 Å². The quantitative estimate of drug-likeness (QED) is 0.541. The molecule has 46 valence electrons. The lowest BCUT2D eigenvalue weighted by Gasteiger charge is -1.90. The number of nitrogens with zero attached hydrogens (tertiary/aromatic N) is 1. The smallest absolute Gasteiger partial charge is 0.299 e. The highest BCUT2D eigenvalue weighted by atomic mass is 16.5. The summed E-state index contributed by atoms with van der Waals surface area (Å²) < 4.78 is 4.41. The molecule has 9 heavy (non-hydrogen) atoms. The molecular weight excluding hydrogens is 118 g/mol. The summed E-state index contributed by atoms with van der Waals surface area (Å²) in [6, 6.07) is 5.10. The predicted molar refractivity (Wildman–Crippen MR) is 30.9 cm³/mol. The minimum atomic E-state index is 0.326. The van der Waals surface area contributed by atoms with Crippen LogP contribution in [0.1, 0.15) is 0 Å². The Kier molecular flexibility index (Phi) is 1.80. The molecule has 0 saturated carbocycles. The predicted octanol–water partition coefficient (Wildman–Crippen LogP) is 0.617. The van der Waals surface area contributed by atoms with Crippen LogP contribution in [0.5, 0.6) is 5.88 Å². The molecule has 0 aromatic carbocycles. The zero-order valence-corrected chi connectivity index (χ0v) is 4.65. The van der Waals surface area contributed by atoms with E-state index in [4.69, 9.17) is 0 Å². The van der Waals surface area contributed by atoms with Crippen LogP contribution in [0.15, 0.2) is 24.4 Å². The fraction of sp³-hybridized carbons (Fsp3) is 0. The topological polar surface area (TPSA) is 39.2 Å². The first-order valence-corrected chi connectivity index (χ1v) is 2.45. The van der Waals surface area contributed by atoms with E-state index in [-0.39, 0.29) is 0 Å². The van der Waals surface area contributed by atoms with Gasteiger partial charge in [-0.1, -0.05) is 6.07 Å². The SMILES string of the molecule is O=COc1ccccn1. The Labute approximate surface area is 52.3 Å². The Morgan fingerprint density at radius 2 is 2.44 bits per heavy atom. The summed E-state index contributed by atoms with van der Waals surface area (Å²) in [4.78, 5) is 13.4.